The SMILES string of the molecule is C=CCCCC=C.C=CCCCC=C. The van der Waals surface area contributed by atoms with Gasteiger partial charge < -0.3 is 0 Å². The van der Waals surface area contributed by atoms with Gasteiger partial charge in [0.2, 0.25) is 0 Å². The largest absolute Gasteiger partial charge is 0.103 e. The van der Waals surface area contributed by atoms with Crippen molar-refractivity contribution in [3.63, 3.8) is 0 Å². The van der Waals surface area contributed by atoms with Crippen molar-refractivity contribution < 1.29 is 0 Å². The first-order valence-electron chi connectivity index (χ1n) is 5.27. The Bertz CT molecular complexity index is 108. The maximum atomic E-state index is 3.60. The Labute approximate surface area is 89.7 Å². The minimum absolute atomic E-state index is 1.12. The molecule has 0 bridgehead atoms. The van der Waals surface area contributed by atoms with E-state index in [4.69, 9.17) is 0 Å². The van der Waals surface area contributed by atoms with Gasteiger partial charge in [-0.3, -0.25) is 0 Å². The van der Waals surface area contributed by atoms with Crippen molar-refractivity contribution >= 4 is 0 Å². The number of hydrogen-bond donors (Lipinski definition) is 0. The van der Waals surface area contributed by atoms with E-state index in [0.717, 1.165) is 25.7 Å². The molecule has 0 aliphatic carbocycles. The van der Waals surface area contributed by atoms with Gasteiger partial charge in [-0.15, -0.1) is 26.3 Å². The van der Waals surface area contributed by atoms with E-state index in [0.29, 0.717) is 0 Å². The fourth-order valence-electron chi connectivity index (χ4n) is 0.813. The summed E-state index contributed by atoms with van der Waals surface area (Å²) in [6.07, 6.45) is 14.6. The molecule has 0 saturated carbocycles. The standard InChI is InChI=1S/2C7H12/c2*1-3-5-7-6-4-2/h2*3-4H,1-2,5-7H2. The molecule has 0 aromatic heterocycles. The van der Waals surface area contributed by atoms with Crippen molar-refractivity contribution in [2.24, 2.45) is 0 Å². The third-order valence-electron chi connectivity index (χ3n) is 1.63. The van der Waals surface area contributed by atoms with Crippen molar-refractivity contribution in [1.82, 2.24) is 0 Å². The molecule has 0 N–H and O–H groups in total. The molecule has 0 saturated heterocycles. The predicted octanol–water partition coefficient (Wildman–Crippen LogP) is 5.06. The quantitative estimate of drug-likeness (QED) is 0.372. The van der Waals surface area contributed by atoms with Crippen LogP contribution in [0.2, 0.25) is 0 Å². The highest BCUT2D eigenvalue weighted by Crippen LogP contribution is 1.94. The summed E-state index contributed by atoms with van der Waals surface area (Å²) in [5.74, 6) is 0. The van der Waals surface area contributed by atoms with Gasteiger partial charge >= 0.3 is 0 Å². The minimum Gasteiger partial charge on any atom is -0.103 e. The maximum absolute atomic E-state index is 3.60. The van der Waals surface area contributed by atoms with Crippen molar-refractivity contribution in [3.8, 4) is 0 Å². The Balaban J connectivity index is 0. The monoisotopic (exact) mass is 192 g/mol. The van der Waals surface area contributed by atoms with E-state index in [1.165, 1.54) is 12.8 Å². The van der Waals surface area contributed by atoms with Crippen LogP contribution < -0.4 is 0 Å². The van der Waals surface area contributed by atoms with Crippen LogP contribution in [-0.2, 0) is 0 Å². The van der Waals surface area contributed by atoms with Crippen LogP contribution in [0.15, 0.2) is 50.6 Å². The molecule has 0 aromatic carbocycles. The average molecular weight is 192 g/mol. The maximum Gasteiger partial charge on any atom is -0.0350 e. The molecule has 0 heterocycles. The van der Waals surface area contributed by atoms with Gasteiger partial charge in [-0.25, -0.2) is 0 Å². The Hall–Kier alpha value is -1.04. The average Bonchev–Trinajstić information content (AvgIpc) is 2.21. The van der Waals surface area contributed by atoms with Gasteiger partial charge in [-0.05, 0) is 38.5 Å². The van der Waals surface area contributed by atoms with E-state index < -0.39 is 0 Å². The third kappa shape index (κ3) is 22.4. The Kier molecular flexibility index (Phi) is 19.7. The Morgan fingerprint density at radius 2 is 0.714 bits per heavy atom. The molecule has 0 aliphatic heterocycles. The van der Waals surface area contributed by atoms with Gasteiger partial charge in [0.25, 0.3) is 0 Å². The molecule has 0 atom stereocenters. The van der Waals surface area contributed by atoms with Crippen LogP contribution >= 0.6 is 0 Å². The summed E-state index contributed by atoms with van der Waals surface area (Å²) in [4.78, 5) is 0. The van der Waals surface area contributed by atoms with Crippen LogP contribution in [0.5, 0.6) is 0 Å². The third-order valence-corrected chi connectivity index (χ3v) is 1.63. The van der Waals surface area contributed by atoms with Gasteiger partial charge in [0.1, 0.15) is 0 Å². The highest BCUT2D eigenvalue weighted by atomic mass is 13.8. The van der Waals surface area contributed by atoms with Gasteiger partial charge in [0, 0.05) is 0 Å². The normalized spacial score (nSPS) is 8.00. The number of unbranched alkanes of at least 4 members (excludes halogenated alkanes) is 4. The Morgan fingerprint density at radius 1 is 0.500 bits per heavy atom. The topological polar surface area (TPSA) is 0 Å². The molecule has 0 heteroatoms. The van der Waals surface area contributed by atoms with Gasteiger partial charge in [0.05, 0.1) is 0 Å². The predicted molar refractivity (Wildman–Crippen MR) is 68.5 cm³/mol. The number of hydrogen-bond acceptors (Lipinski definition) is 0. The van der Waals surface area contributed by atoms with Crippen LogP contribution in [0.3, 0.4) is 0 Å². The fraction of sp³-hybridized carbons (Fsp3) is 0.429. The molecule has 0 aromatic rings. The summed E-state index contributed by atoms with van der Waals surface area (Å²) < 4.78 is 0. The molecule has 14 heavy (non-hydrogen) atoms. The molecule has 0 unspecified atom stereocenters. The summed E-state index contributed by atoms with van der Waals surface area (Å²) in [7, 11) is 0. The molecule has 0 rings (SSSR count). The van der Waals surface area contributed by atoms with E-state index in [1.807, 2.05) is 24.3 Å². The van der Waals surface area contributed by atoms with Crippen molar-refractivity contribution in [3.05, 3.63) is 50.6 Å². The summed E-state index contributed by atoms with van der Waals surface area (Å²) >= 11 is 0. The van der Waals surface area contributed by atoms with Crippen LogP contribution in [0.25, 0.3) is 0 Å². The summed E-state index contributed by atoms with van der Waals surface area (Å²) in [6, 6.07) is 0. The highest BCUT2D eigenvalue weighted by Gasteiger charge is 1.74. The van der Waals surface area contributed by atoms with Crippen molar-refractivity contribution in [2.75, 3.05) is 0 Å². The molecular formula is C14H24. The molecule has 0 spiro atoms. The van der Waals surface area contributed by atoms with E-state index in [1.54, 1.807) is 0 Å². The molecule has 0 aliphatic rings. The first-order valence-corrected chi connectivity index (χ1v) is 5.27. The zero-order valence-electron chi connectivity index (χ0n) is 9.38. The lowest BCUT2D eigenvalue weighted by atomic mass is 10.2. The fourth-order valence-corrected chi connectivity index (χ4v) is 0.813. The second-order valence-corrected chi connectivity index (χ2v) is 3.02. The van der Waals surface area contributed by atoms with E-state index in [9.17, 15) is 0 Å². The Morgan fingerprint density at radius 3 is 0.857 bits per heavy atom. The van der Waals surface area contributed by atoms with Crippen molar-refractivity contribution in [2.45, 2.75) is 38.5 Å². The van der Waals surface area contributed by atoms with E-state index in [-0.39, 0.29) is 0 Å². The molecule has 80 valence electrons. The lowest BCUT2D eigenvalue weighted by Gasteiger charge is -1.84. The number of rotatable bonds is 8. The lowest BCUT2D eigenvalue weighted by molar-refractivity contribution is 0.871. The van der Waals surface area contributed by atoms with E-state index >= 15 is 0 Å². The molecule has 0 fully saturated rings. The highest BCUT2D eigenvalue weighted by molar-refractivity contribution is 4.72. The lowest BCUT2D eigenvalue weighted by Crippen LogP contribution is -1.64. The first-order chi connectivity index (χ1) is 6.83. The summed E-state index contributed by atoms with van der Waals surface area (Å²) in [5.41, 5.74) is 0. The summed E-state index contributed by atoms with van der Waals surface area (Å²) in [5, 5.41) is 0. The smallest absolute Gasteiger partial charge is 0.0350 e. The van der Waals surface area contributed by atoms with Gasteiger partial charge in [-0.2, -0.15) is 0 Å². The van der Waals surface area contributed by atoms with Gasteiger partial charge in [-0.1, -0.05) is 24.3 Å². The minimum atomic E-state index is 1.12. The number of allylic oxidation sites excluding steroid dienone is 4. The molecule has 0 radical (unpaired) electrons. The first kappa shape index (κ1) is 15.4. The summed E-state index contributed by atoms with van der Waals surface area (Å²) in [6.45, 7) is 14.4. The zero-order valence-corrected chi connectivity index (χ0v) is 9.38. The van der Waals surface area contributed by atoms with Crippen LogP contribution in [-0.4, -0.2) is 0 Å². The van der Waals surface area contributed by atoms with Crippen LogP contribution in [0.1, 0.15) is 38.5 Å². The molecule has 0 nitrogen and oxygen atoms in total. The zero-order chi connectivity index (χ0) is 11.1. The van der Waals surface area contributed by atoms with Crippen molar-refractivity contribution in [1.29, 1.82) is 0 Å². The van der Waals surface area contributed by atoms with Crippen LogP contribution in [0.4, 0.5) is 0 Å². The van der Waals surface area contributed by atoms with Gasteiger partial charge in [0.15, 0.2) is 0 Å². The second kappa shape index (κ2) is 17.9. The van der Waals surface area contributed by atoms with E-state index in [2.05, 4.69) is 26.3 Å². The molecule has 0 amide bonds. The second-order valence-electron chi connectivity index (χ2n) is 3.02. The molecular weight excluding hydrogens is 168 g/mol. The van der Waals surface area contributed by atoms with Crippen LogP contribution in [0, 0.1) is 0 Å².